The molecule has 0 radical (unpaired) electrons. The summed E-state index contributed by atoms with van der Waals surface area (Å²) in [5, 5.41) is 11.5. The van der Waals surface area contributed by atoms with E-state index in [1.54, 1.807) is 19.2 Å². The first-order valence-electron chi connectivity index (χ1n) is 12.7. The summed E-state index contributed by atoms with van der Waals surface area (Å²) in [6.45, 7) is 5.97. The number of nitrogens with zero attached hydrogens (tertiary/aromatic N) is 1. The average molecular weight is 514 g/mol. The normalized spacial score (nSPS) is 20.0. The van der Waals surface area contributed by atoms with Crippen molar-refractivity contribution in [2.24, 2.45) is 0 Å². The maximum Gasteiger partial charge on any atom is 0.295 e. The fourth-order valence-corrected chi connectivity index (χ4v) is 5.16. The number of aliphatic hydroxyl groups excluding tert-OH is 1. The fourth-order valence-electron chi connectivity index (χ4n) is 5.16. The van der Waals surface area contributed by atoms with Gasteiger partial charge < -0.3 is 24.2 Å². The van der Waals surface area contributed by atoms with Gasteiger partial charge in [-0.25, -0.2) is 0 Å². The Balaban J connectivity index is 1.64. The molecule has 2 aliphatic heterocycles. The zero-order valence-corrected chi connectivity index (χ0v) is 21.9. The monoisotopic (exact) mass is 513 g/mol. The highest BCUT2D eigenvalue weighted by Crippen LogP contribution is 2.42. The molecule has 2 unspecified atom stereocenters. The Kier molecular flexibility index (Phi) is 6.85. The van der Waals surface area contributed by atoms with Crippen molar-refractivity contribution in [3.05, 3.63) is 94.6 Å². The van der Waals surface area contributed by atoms with Crippen LogP contribution in [0.15, 0.2) is 72.3 Å². The molecule has 3 aromatic rings. The van der Waals surface area contributed by atoms with Crippen molar-refractivity contribution in [1.29, 1.82) is 0 Å². The highest BCUT2D eigenvalue weighted by atomic mass is 16.5. The van der Waals surface area contributed by atoms with Gasteiger partial charge in [0.25, 0.3) is 11.7 Å². The smallest absolute Gasteiger partial charge is 0.295 e. The molecule has 1 fully saturated rings. The lowest BCUT2D eigenvalue weighted by Gasteiger charge is -2.26. The quantitative estimate of drug-likeness (QED) is 0.258. The molecule has 196 valence electrons. The van der Waals surface area contributed by atoms with Crippen molar-refractivity contribution in [3.63, 3.8) is 0 Å². The van der Waals surface area contributed by atoms with Crippen molar-refractivity contribution in [2.45, 2.75) is 52.0 Å². The molecule has 0 bridgehead atoms. The lowest BCUT2D eigenvalue weighted by Crippen LogP contribution is -2.29. The molecule has 0 aliphatic carbocycles. The Morgan fingerprint density at radius 3 is 2.63 bits per heavy atom. The van der Waals surface area contributed by atoms with E-state index in [-0.39, 0.29) is 30.1 Å². The minimum absolute atomic E-state index is 0.0394. The van der Waals surface area contributed by atoms with Gasteiger partial charge >= 0.3 is 0 Å². The molecule has 7 heteroatoms. The van der Waals surface area contributed by atoms with Crippen LogP contribution in [0.5, 0.6) is 17.2 Å². The first-order valence-corrected chi connectivity index (χ1v) is 12.7. The summed E-state index contributed by atoms with van der Waals surface area (Å²) in [5.74, 6) is 0.356. The summed E-state index contributed by atoms with van der Waals surface area (Å²) in [6, 6.07) is 19.2. The summed E-state index contributed by atoms with van der Waals surface area (Å²) in [7, 11) is 1.57. The molecule has 2 heterocycles. The zero-order chi connectivity index (χ0) is 27.0. The van der Waals surface area contributed by atoms with Crippen molar-refractivity contribution in [1.82, 2.24) is 4.90 Å². The Hall–Kier alpha value is -4.26. The zero-order valence-electron chi connectivity index (χ0n) is 21.9. The highest BCUT2D eigenvalue weighted by Gasteiger charge is 2.46. The second-order valence-corrected chi connectivity index (χ2v) is 9.93. The first kappa shape index (κ1) is 25.4. The van der Waals surface area contributed by atoms with E-state index in [9.17, 15) is 14.7 Å². The number of ether oxygens (including phenoxy) is 3. The van der Waals surface area contributed by atoms with Gasteiger partial charge in [0.2, 0.25) is 0 Å². The molecule has 2 atom stereocenters. The molecule has 0 saturated carbocycles. The van der Waals surface area contributed by atoms with Gasteiger partial charge in [-0.1, -0.05) is 30.3 Å². The minimum atomic E-state index is -0.820. The van der Waals surface area contributed by atoms with Gasteiger partial charge in [0.15, 0.2) is 0 Å². The summed E-state index contributed by atoms with van der Waals surface area (Å²) in [4.78, 5) is 28.5. The molecule has 2 aliphatic rings. The largest absolute Gasteiger partial charge is 0.507 e. The van der Waals surface area contributed by atoms with E-state index in [0.29, 0.717) is 29.0 Å². The number of rotatable bonds is 7. The Morgan fingerprint density at radius 2 is 1.87 bits per heavy atom. The van der Waals surface area contributed by atoms with Crippen LogP contribution in [0.2, 0.25) is 0 Å². The molecule has 1 saturated heterocycles. The SMILES string of the molecule is COc1ccccc1CN1C(=O)C(=O)/C(=C(\O)c2ccc3c(c2)CC(C)O3)C1c1cccc(OC(C)C)c1. The second kappa shape index (κ2) is 10.2. The van der Waals surface area contributed by atoms with Crippen LogP contribution in [0.1, 0.15) is 49.1 Å². The van der Waals surface area contributed by atoms with Crippen molar-refractivity contribution in [2.75, 3.05) is 7.11 Å². The predicted octanol–water partition coefficient (Wildman–Crippen LogP) is 5.43. The van der Waals surface area contributed by atoms with Gasteiger partial charge in [-0.3, -0.25) is 9.59 Å². The van der Waals surface area contributed by atoms with E-state index in [1.807, 2.05) is 75.4 Å². The summed E-state index contributed by atoms with van der Waals surface area (Å²) in [5.41, 5.74) is 2.88. The number of methoxy groups -OCH3 is 1. The highest BCUT2D eigenvalue weighted by molar-refractivity contribution is 6.46. The number of benzene rings is 3. The summed E-state index contributed by atoms with van der Waals surface area (Å²) < 4.78 is 17.2. The van der Waals surface area contributed by atoms with Gasteiger partial charge in [0.05, 0.1) is 31.4 Å². The third-order valence-electron chi connectivity index (χ3n) is 6.79. The number of carbonyl (C=O) groups excluding carboxylic acids is 2. The van der Waals surface area contributed by atoms with E-state index in [4.69, 9.17) is 14.2 Å². The Bertz CT molecular complexity index is 1430. The van der Waals surface area contributed by atoms with Gasteiger partial charge in [-0.15, -0.1) is 0 Å². The van der Waals surface area contributed by atoms with Crippen LogP contribution in [0.4, 0.5) is 0 Å². The average Bonchev–Trinajstić information content (AvgIpc) is 3.39. The lowest BCUT2D eigenvalue weighted by molar-refractivity contribution is -0.140. The van der Waals surface area contributed by atoms with E-state index in [2.05, 4.69) is 0 Å². The second-order valence-electron chi connectivity index (χ2n) is 9.93. The third-order valence-corrected chi connectivity index (χ3v) is 6.79. The van der Waals surface area contributed by atoms with Crippen LogP contribution >= 0.6 is 0 Å². The van der Waals surface area contributed by atoms with Crippen LogP contribution in [0, 0.1) is 0 Å². The number of hydrogen-bond acceptors (Lipinski definition) is 6. The van der Waals surface area contributed by atoms with Crippen LogP contribution in [-0.4, -0.2) is 41.0 Å². The molecular formula is C31H31NO6. The van der Waals surface area contributed by atoms with Gasteiger partial charge in [-0.05, 0) is 68.3 Å². The number of para-hydroxylation sites is 1. The maximum absolute atomic E-state index is 13.5. The minimum Gasteiger partial charge on any atom is -0.507 e. The number of ketones is 1. The molecule has 3 aromatic carbocycles. The van der Waals surface area contributed by atoms with Gasteiger partial charge in [-0.2, -0.15) is 0 Å². The number of fused-ring (bicyclic) bond motifs is 1. The number of aliphatic hydroxyl groups is 1. The molecule has 7 nitrogen and oxygen atoms in total. The van der Waals surface area contributed by atoms with E-state index >= 15 is 0 Å². The molecule has 0 aromatic heterocycles. The van der Waals surface area contributed by atoms with Crippen LogP contribution in [0.25, 0.3) is 5.76 Å². The van der Waals surface area contributed by atoms with Crippen molar-refractivity contribution >= 4 is 17.4 Å². The van der Waals surface area contributed by atoms with E-state index in [0.717, 1.165) is 16.9 Å². The number of likely N-dealkylation sites (tertiary alicyclic amines) is 1. The van der Waals surface area contributed by atoms with E-state index in [1.165, 1.54) is 4.90 Å². The van der Waals surface area contributed by atoms with Crippen molar-refractivity contribution < 1.29 is 28.9 Å². The topological polar surface area (TPSA) is 85.3 Å². The molecular weight excluding hydrogens is 482 g/mol. The van der Waals surface area contributed by atoms with Crippen LogP contribution < -0.4 is 14.2 Å². The van der Waals surface area contributed by atoms with Crippen LogP contribution in [0.3, 0.4) is 0 Å². The van der Waals surface area contributed by atoms with Crippen LogP contribution in [-0.2, 0) is 22.6 Å². The number of amides is 1. The van der Waals surface area contributed by atoms with E-state index < -0.39 is 17.7 Å². The lowest BCUT2D eigenvalue weighted by atomic mass is 9.94. The first-order chi connectivity index (χ1) is 18.3. The number of Topliss-reactive ketones (excluding diaryl/α,β-unsaturated/α-hetero) is 1. The van der Waals surface area contributed by atoms with Crippen molar-refractivity contribution in [3.8, 4) is 17.2 Å². The molecule has 38 heavy (non-hydrogen) atoms. The predicted molar refractivity (Wildman–Crippen MR) is 143 cm³/mol. The number of hydrogen-bond donors (Lipinski definition) is 1. The van der Waals surface area contributed by atoms with Gasteiger partial charge in [0, 0.05) is 17.5 Å². The third kappa shape index (κ3) is 4.72. The summed E-state index contributed by atoms with van der Waals surface area (Å²) >= 11 is 0. The Morgan fingerprint density at radius 1 is 1.08 bits per heavy atom. The maximum atomic E-state index is 13.5. The molecule has 5 rings (SSSR count). The summed E-state index contributed by atoms with van der Waals surface area (Å²) in [6.07, 6.45) is 0.690. The molecule has 0 spiro atoms. The molecule has 1 amide bonds. The standard InChI is InChI=1S/C31H31NO6/c1-18(2)37-24-10-7-9-20(16-24)28-27(29(33)21-12-13-26-23(15-21)14-19(3)38-26)30(34)31(35)32(28)17-22-8-5-6-11-25(22)36-4/h5-13,15-16,18-19,28,33H,14,17H2,1-4H3/b29-27-. The molecule has 1 N–H and O–H groups in total. The Labute approximate surface area is 222 Å². The van der Waals surface area contributed by atoms with Gasteiger partial charge in [0.1, 0.15) is 29.1 Å². The number of carbonyl (C=O) groups is 2. The fraction of sp³-hybridized carbons (Fsp3) is 0.290.